The van der Waals surface area contributed by atoms with Gasteiger partial charge in [0.25, 0.3) is 0 Å². The van der Waals surface area contributed by atoms with E-state index in [2.05, 4.69) is 0 Å². The summed E-state index contributed by atoms with van der Waals surface area (Å²) < 4.78 is 1.54. The van der Waals surface area contributed by atoms with Crippen LogP contribution in [-0.4, -0.2) is 15.6 Å². The second kappa shape index (κ2) is 5.54. The molecule has 0 aliphatic heterocycles. The topological polar surface area (TPSA) is 59.3 Å². The molecule has 3 aromatic rings. The summed E-state index contributed by atoms with van der Waals surface area (Å²) in [6.45, 7) is 0.191. The number of thiazole rings is 1. The minimum atomic E-state index is -0.906. The Hall–Kier alpha value is -2.40. The number of hydrogen-bond acceptors (Lipinski definition) is 3. The molecule has 1 heterocycles. The quantitative estimate of drug-likeness (QED) is 0.804. The van der Waals surface area contributed by atoms with Crippen molar-refractivity contribution in [2.75, 3.05) is 0 Å². The Bertz CT molecular complexity index is 858. The molecule has 0 aliphatic rings. The number of aliphatic carboxylic acids is 1. The van der Waals surface area contributed by atoms with E-state index in [4.69, 9.17) is 5.11 Å². The zero-order valence-electron chi connectivity index (χ0n) is 11.2. The van der Waals surface area contributed by atoms with Crippen molar-refractivity contribution in [1.82, 2.24) is 4.57 Å². The first-order valence-corrected chi connectivity index (χ1v) is 7.43. The molecule has 2 aromatic carbocycles. The van der Waals surface area contributed by atoms with E-state index in [0.29, 0.717) is 0 Å². The monoisotopic (exact) mass is 299 g/mol. The summed E-state index contributed by atoms with van der Waals surface area (Å²) >= 11 is 1.10. The predicted octanol–water partition coefficient (Wildman–Crippen LogP) is 3.20. The summed E-state index contributed by atoms with van der Waals surface area (Å²) in [5.41, 5.74) is 1.74. The highest BCUT2D eigenvalue weighted by atomic mass is 32.1. The predicted molar refractivity (Wildman–Crippen MR) is 83.8 cm³/mol. The van der Waals surface area contributed by atoms with Gasteiger partial charge in [0, 0.05) is 17.5 Å². The first-order valence-electron chi connectivity index (χ1n) is 6.55. The van der Waals surface area contributed by atoms with Crippen molar-refractivity contribution >= 4 is 28.1 Å². The average Bonchev–Trinajstić information content (AvgIpc) is 2.85. The normalized spacial score (nSPS) is 10.9. The van der Waals surface area contributed by atoms with Crippen molar-refractivity contribution in [3.63, 3.8) is 0 Å². The molecule has 3 rings (SSSR count). The Kier molecular flexibility index (Phi) is 3.58. The lowest BCUT2D eigenvalue weighted by atomic mass is 10.0. The Morgan fingerprint density at radius 1 is 1.14 bits per heavy atom. The van der Waals surface area contributed by atoms with Crippen molar-refractivity contribution in [3.8, 4) is 11.3 Å². The molecule has 4 nitrogen and oxygen atoms in total. The van der Waals surface area contributed by atoms with E-state index in [1.165, 1.54) is 0 Å². The van der Waals surface area contributed by atoms with Crippen molar-refractivity contribution in [2.24, 2.45) is 0 Å². The first kappa shape index (κ1) is 13.6. The van der Waals surface area contributed by atoms with Crippen LogP contribution >= 0.6 is 11.3 Å². The zero-order chi connectivity index (χ0) is 14.8. The van der Waals surface area contributed by atoms with Gasteiger partial charge in [0.1, 0.15) is 0 Å². The van der Waals surface area contributed by atoms with E-state index in [1.54, 1.807) is 9.95 Å². The van der Waals surface area contributed by atoms with Crippen LogP contribution in [0, 0.1) is 0 Å². The van der Waals surface area contributed by atoms with Gasteiger partial charge >= 0.3 is 10.8 Å². The molecule has 1 aromatic heterocycles. The Morgan fingerprint density at radius 3 is 2.71 bits per heavy atom. The summed E-state index contributed by atoms with van der Waals surface area (Å²) in [5, 5.41) is 12.8. The number of carbonyl (C=O) groups is 1. The van der Waals surface area contributed by atoms with Gasteiger partial charge in [-0.2, -0.15) is 0 Å². The summed E-state index contributed by atoms with van der Waals surface area (Å²) in [5.74, 6) is -0.906. The molecule has 0 saturated heterocycles. The number of rotatable bonds is 4. The molecule has 0 spiro atoms. The lowest BCUT2D eigenvalue weighted by Gasteiger charge is -2.09. The van der Waals surface area contributed by atoms with Crippen LogP contribution in [0.3, 0.4) is 0 Å². The molecule has 0 radical (unpaired) electrons. The van der Waals surface area contributed by atoms with Gasteiger partial charge in [-0.15, -0.1) is 0 Å². The van der Waals surface area contributed by atoms with Crippen LogP contribution in [0.25, 0.3) is 22.0 Å². The zero-order valence-corrected chi connectivity index (χ0v) is 12.0. The number of aromatic nitrogens is 1. The molecule has 1 N–H and O–H groups in total. The number of fused-ring (bicyclic) bond motifs is 1. The molecule has 0 saturated carbocycles. The molecule has 5 heteroatoms. The molecule has 0 bridgehead atoms. The number of hydrogen-bond donors (Lipinski definition) is 1. The molecule has 0 atom stereocenters. The lowest BCUT2D eigenvalue weighted by Crippen LogP contribution is -2.16. The summed E-state index contributed by atoms with van der Waals surface area (Å²) in [7, 11) is 0. The number of carboxylic acid groups (broad SMARTS) is 1. The van der Waals surface area contributed by atoms with Gasteiger partial charge in [0.15, 0.2) is 0 Å². The molecular weight excluding hydrogens is 286 g/mol. The smallest absolute Gasteiger partial charge is 0.307 e. The van der Waals surface area contributed by atoms with Gasteiger partial charge in [0.05, 0.1) is 12.1 Å². The van der Waals surface area contributed by atoms with E-state index >= 15 is 0 Å². The fourth-order valence-electron chi connectivity index (χ4n) is 2.41. The van der Waals surface area contributed by atoms with E-state index in [-0.39, 0.29) is 17.8 Å². The maximum atomic E-state index is 12.0. The van der Waals surface area contributed by atoms with Crippen LogP contribution in [-0.2, 0) is 11.3 Å². The molecule has 0 aliphatic carbocycles. The molecule has 21 heavy (non-hydrogen) atoms. The second-order valence-corrected chi connectivity index (χ2v) is 5.53. The van der Waals surface area contributed by atoms with Gasteiger partial charge < -0.3 is 5.11 Å². The van der Waals surface area contributed by atoms with Crippen molar-refractivity contribution in [2.45, 2.75) is 13.0 Å². The molecule has 0 amide bonds. The highest BCUT2D eigenvalue weighted by molar-refractivity contribution is 7.07. The fourth-order valence-corrected chi connectivity index (χ4v) is 3.19. The summed E-state index contributed by atoms with van der Waals surface area (Å²) in [4.78, 5) is 22.6. The van der Waals surface area contributed by atoms with Crippen molar-refractivity contribution in [1.29, 1.82) is 0 Å². The number of nitrogens with zero attached hydrogens (tertiary/aromatic N) is 1. The third-order valence-corrected chi connectivity index (χ3v) is 4.16. The Morgan fingerprint density at radius 2 is 1.90 bits per heavy atom. The second-order valence-electron chi connectivity index (χ2n) is 4.71. The van der Waals surface area contributed by atoms with Crippen LogP contribution in [0.5, 0.6) is 0 Å². The Labute approximate surface area is 124 Å². The summed E-state index contributed by atoms with van der Waals surface area (Å²) in [6, 6.07) is 13.9. The van der Waals surface area contributed by atoms with Crippen molar-refractivity contribution in [3.05, 3.63) is 57.5 Å². The van der Waals surface area contributed by atoms with Gasteiger partial charge in [-0.25, -0.2) is 0 Å². The van der Waals surface area contributed by atoms with E-state index in [9.17, 15) is 9.59 Å². The molecule has 0 unspecified atom stereocenters. The first-order chi connectivity index (χ1) is 10.2. The van der Waals surface area contributed by atoms with Crippen LogP contribution in [0.1, 0.15) is 6.42 Å². The third-order valence-electron chi connectivity index (χ3n) is 3.40. The SMILES string of the molecule is O=C(O)CCn1c(-c2cccc3ccccc23)csc1=O. The molecule has 106 valence electrons. The van der Waals surface area contributed by atoms with E-state index in [0.717, 1.165) is 33.4 Å². The van der Waals surface area contributed by atoms with Crippen LogP contribution < -0.4 is 4.87 Å². The molecular formula is C16H13NO3S. The average molecular weight is 299 g/mol. The maximum Gasteiger partial charge on any atom is 0.307 e. The number of benzene rings is 2. The lowest BCUT2D eigenvalue weighted by molar-refractivity contribution is -0.137. The highest BCUT2D eigenvalue weighted by Gasteiger charge is 2.12. The van der Waals surface area contributed by atoms with Crippen molar-refractivity contribution < 1.29 is 9.90 Å². The fraction of sp³-hybridized carbons (Fsp3) is 0.125. The molecule has 0 fully saturated rings. The van der Waals surface area contributed by atoms with Gasteiger partial charge in [0.2, 0.25) is 0 Å². The van der Waals surface area contributed by atoms with Crippen LogP contribution in [0.15, 0.2) is 52.6 Å². The minimum absolute atomic E-state index is 0.0611. The van der Waals surface area contributed by atoms with Crippen LogP contribution in [0.4, 0.5) is 0 Å². The Balaban J connectivity index is 2.15. The van der Waals surface area contributed by atoms with Gasteiger partial charge in [-0.05, 0) is 10.8 Å². The van der Waals surface area contributed by atoms with Gasteiger partial charge in [-0.3, -0.25) is 14.2 Å². The largest absolute Gasteiger partial charge is 0.481 e. The van der Waals surface area contributed by atoms with Crippen LogP contribution in [0.2, 0.25) is 0 Å². The van der Waals surface area contributed by atoms with Gasteiger partial charge in [-0.1, -0.05) is 53.8 Å². The maximum absolute atomic E-state index is 12.0. The third kappa shape index (κ3) is 2.60. The summed E-state index contributed by atoms with van der Waals surface area (Å²) in [6.07, 6.45) is -0.0611. The van der Waals surface area contributed by atoms with E-state index < -0.39 is 5.97 Å². The highest BCUT2D eigenvalue weighted by Crippen LogP contribution is 2.28. The standard InChI is InChI=1S/C16H13NO3S/c18-15(19)8-9-17-14(10-21-16(17)20)13-7-3-5-11-4-1-2-6-12(11)13/h1-7,10H,8-9H2,(H,18,19). The number of carboxylic acids is 1. The van der Waals surface area contributed by atoms with E-state index in [1.807, 2.05) is 42.5 Å². The minimum Gasteiger partial charge on any atom is -0.481 e.